The van der Waals surface area contributed by atoms with Crippen molar-refractivity contribution in [1.82, 2.24) is 5.32 Å². The molecule has 0 aliphatic heterocycles. The minimum atomic E-state index is -1.08. The smallest absolute Gasteiger partial charge is 0.408 e. The summed E-state index contributed by atoms with van der Waals surface area (Å²) in [5, 5.41) is 5.07. The van der Waals surface area contributed by atoms with E-state index in [1.54, 1.807) is 24.3 Å². The molecule has 0 radical (unpaired) electrons. The summed E-state index contributed by atoms with van der Waals surface area (Å²) in [6, 6.07) is 5.77. The van der Waals surface area contributed by atoms with Crippen LogP contribution in [0.2, 0.25) is 0 Å². The first-order chi connectivity index (χ1) is 14.4. The lowest BCUT2D eigenvalue weighted by Gasteiger charge is -2.17. The molecule has 30 heavy (non-hydrogen) atoms. The van der Waals surface area contributed by atoms with Gasteiger partial charge in [-0.15, -0.1) is 0 Å². The summed E-state index contributed by atoms with van der Waals surface area (Å²) in [5.74, 6) is -1.55. The number of benzene rings is 1. The number of carbonyl (C=O) groups is 4. The molecule has 9 nitrogen and oxygen atoms in total. The summed E-state index contributed by atoms with van der Waals surface area (Å²) < 4.78 is 14.7. The fraction of sp³-hybridized carbons (Fsp3) is 0.333. The third-order valence-electron chi connectivity index (χ3n) is 3.63. The SMILES string of the molecule is C=CCOC(=O)N[C@@H](CCC(=O)Nc1ccccc1COC(C)=O)C(=O)OCC=C. The van der Waals surface area contributed by atoms with E-state index in [-0.39, 0.29) is 32.7 Å². The van der Waals surface area contributed by atoms with Gasteiger partial charge in [-0.1, -0.05) is 43.5 Å². The number of amides is 2. The molecule has 9 heteroatoms. The van der Waals surface area contributed by atoms with Crippen LogP contribution in [0.15, 0.2) is 49.6 Å². The minimum Gasteiger partial charge on any atom is -0.461 e. The molecule has 0 heterocycles. The van der Waals surface area contributed by atoms with Crippen LogP contribution in [0.25, 0.3) is 0 Å². The second-order valence-corrected chi connectivity index (χ2v) is 6.03. The summed E-state index contributed by atoms with van der Waals surface area (Å²) in [6.45, 7) is 8.12. The summed E-state index contributed by atoms with van der Waals surface area (Å²) in [4.78, 5) is 47.3. The van der Waals surface area contributed by atoms with Crippen molar-refractivity contribution in [3.8, 4) is 0 Å². The number of alkyl carbamates (subject to hydrolysis) is 1. The van der Waals surface area contributed by atoms with E-state index in [4.69, 9.17) is 14.2 Å². The van der Waals surface area contributed by atoms with Crippen LogP contribution in [0, 0.1) is 0 Å². The maximum Gasteiger partial charge on any atom is 0.408 e. The van der Waals surface area contributed by atoms with Crippen LogP contribution in [0.1, 0.15) is 25.3 Å². The van der Waals surface area contributed by atoms with Gasteiger partial charge < -0.3 is 24.8 Å². The molecule has 0 aromatic heterocycles. The third-order valence-corrected chi connectivity index (χ3v) is 3.63. The Bertz CT molecular complexity index is 776. The van der Waals surface area contributed by atoms with E-state index in [2.05, 4.69) is 23.8 Å². The van der Waals surface area contributed by atoms with Gasteiger partial charge in [0.05, 0.1) is 0 Å². The predicted molar refractivity (Wildman–Crippen MR) is 109 cm³/mol. The molecule has 1 aromatic rings. The monoisotopic (exact) mass is 418 g/mol. The summed E-state index contributed by atoms with van der Waals surface area (Å²) in [6.07, 6.45) is 1.83. The van der Waals surface area contributed by atoms with Crippen molar-refractivity contribution in [1.29, 1.82) is 0 Å². The van der Waals surface area contributed by atoms with Crippen LogP contribution in [0.5, 0.6) is 0 Å². The molecule has 0 bridgehead atoms. The highest BCUT2D eigenvalue weighted by molar-refractivity contribution is 5.92. The maximum atomic E-state index is 12.4. The first-order valence-corrected chi connectivity index (χ1v) is 9.20. The van der Waals surface area contributed by atoms with Crippen molar-refractivity contribution in [2.24, 2.45) is 0 Å². The van der Waals surface area contributed by atoms with E-state index in [1.165, 1.54) is 19.1 Å². The van der Waals surface area contributed by atoms with Crippen molar-refractivity contribution in [2.45, 2.75) is 32.4 Å². The van der Waals surface area contributed by atoms with Gasteiger partial charge in [-0.2, -0.15) is 0 Å². The fourth-order valence-corrected chi connectivity index (χ4v) is 2.24. The van der Waals surface area contributed by atoms with Gasteiger partial charge in [-0.25, -0.2) is 9.59 Å². The number of para-hydroxylation sites is 1. The van der Waals surface area contributed by atoms with Crippen LogP contribution in [-0.2, 0) is 35.2 Å². The highest BCUT2D eigenvalue weighted by atomic mass is 16.6. The van der Waals surface area contributed by atoms with Gasteiger partial charge in [-0.05, 0) is 12.5 Å². The molecule has 0 spiro atoms. The zero-order valence-corrected chi connectivity index (χ0v) is 16.8. The Balaban J connectivity index is 2.71. The maximum absolute atomic E-state index is 12.4. The van der Waals surface area contributed by atoms with Crippen LogP contribution < -0.4 is 10.6 Å². The molecule has 2 amide bonds. The Labute approximate surface area is 175 Å². The van der Waals surface area contributed by atoms with Crippen molar-refractivity contribution in [2.75, 3.05) is 18.5 Å². The average Bonchev–Trinajstić information content (AvgIpc) is 2.72. The number of carbonyl (C=O) groups excluding carboxylic acids is 4. The molecule has 1 atom stereocenters. The van der Waals surface area contributed by atoms with Crippen molar-refractivity contribution in [3.05, 3.63) is 55.1 Å². The normalized spacial score (nSPS) is 10.8. The highest BCUT2D eigenvalue weighted by Crippen LogP contribution is 2.17. The minimum absolute atomic E-state index is 0.0129. The van der Waals surface area contributed by atoms with Crippen molar-refractivity contribution < 1.29 is 33.4 Å². The number of ether oxygens (including phenoxy) is 3. The lowest BCUT2D eigenvalue weighted by Crippen LogP contribution is -2.42. The Morgan fingerprint density at radius 2 is 1.70 bits per heavy atom. The van der Waals surface area contributed by atoms with E-state index < -0.39 is 30.0 Å². The predicted octanol–water partition coefficient (Wildman–Crippen LogP) is 2.48. The molecule has 1 rings (SSSR count). The molecular formula is C21H26N2O7. The zero-order valence-electron chi connectivity index (χ0n) is 16.8. The molecule has 0 aliphatic carbocycles. The number of hydrogen-bond acceptors (Lipinski definition) is 7. The van der Waals surface area contributed by atoms with Crippen LogP contribution >= 0.6 is 0 Å². The number of nitrogens with one attached hydrogen (secondary N) is 2. The zero-order chi connectivity index (χ0) is 22.4. The Morgan fingerprint density at radius 1 is 1.03 bits per heavy atom. The molecule has 1 aromatic carbocycles. The molecule has 0 saturated heterocycles. The molecule has 162 valence electrons. The lowest BCUT2D eigenvalue weighted by molar-refractivity contribution is -0.145. The Morgan fingerprint density at radius 3 is 2.37 bits per heavy atom. The van der Waals surface area contributed by atoms with E-state index in [1.807, 2.05) is 0 Å². The summed E-state index contributed by atoms with van der Waals surface area (Å²) in [7, 11) is 0. The van der Waals surface area contributed by atoms with E-state index in [0.29, 0.717) is 11.3 Å². The van der Waals surface area contributed by atoms with Gasteiger partial charge in [0.25, 0.3) is 0 Å². The number of hydrogen-bond donors (Lipinski definition) is 2. The first kappa shape index (κ1) is 24.4. The van der Waals surface area contributed by atoms with Crippen LogP contribution in [0.4, 0.5) is 10.5 Å². The van der Waals surface area contributed by atoms with Crippen LogP contribution in [0.3, 0.4) is 0 Å². The standard InChI is InChI=1S/C21H26N2O7/c1-4-12-28-20(26)18(23-21(27)29-13-5-2)10-11-19(25)22-17-9-7-6-8-16(17)14-30-15(3)24/h4-9,18H,1-2,10-14H2,3H3,(H,22,25)(H,23,27)/t18-/m0/s1. The fourth-order valence-electron chi connectivity index (χ4n) is 2.24. The van der Waals surface area contributed by atoms with E-state index in [0.717, 1.165) is 0 Å². The second kappa shape index (κ2) is 13.5. The van der Waals surface area contributed by atoms with Crippen molar-refractivity contribution >= 4 is 29.6 Å². The second-order valence-electron chi connectivity index (χ2n) is 6.03. The lowest BCUT2D eigenvalue weighted by atomic mass is 10.1. The number of rotatable bonds is 12. The van der Waals surface area contributed by atoms with Gasteiger partial charge in [0.2, 0.25) is 5.91 Å². The van der Waals surface area contributed by atoms with Gasteiger partial charge in [0, 0.05) is 24.6 Å². The van der Waals surface area contributed by atoms with Gasteiger partial charge in [-0.3, -0.25) is 9.59 Å². The molecule has 0 saturated carbocycles. The van der Waals surface area contributed by atoms with E-state index in [9.17, 15) is 19.2 Å². The average molecular weight is 418 g/mol. The largest absolute Gasteiger partial charge is 0.461 e. The number of anilines is 1. The topological polar surface area (TPSA) is 120 Å². The summed E-state index contributed by atoms with van der Waals surface area (Å²) in [5.41, 5.74) is 1.10. The summed E-state index contributed by atoms with van der Waals surface area (Å²) >= 11 is 0. The third kappa shape index (κ3) is 9.54. The molecule has 0 unspecified atom stereocenters. The van der Waals surface area contributed by atoms with Crippen molar-refractivity contribution in [3.63, 3.8) is 0 Å². The van der Waals surface area contributed by atoms with Crippen LogP contribution in [-0.4, -0.2) is 43.2 Å². The highest BCUT2D eigenvalue weighted by Gasteiger charge is 2.24. The van der Waals surface area contributed by atoms with Gasteiger partial charge in [0.15, 0.2) is 0 Å². The Kier molecular flexibility index (Phi) is 11.0. The van der Waals surface area contributed by atoms with Gasteiger partial charge in [0.1, 0.15) is 25.9 Å². The molecule has 0 aliphatic rings. The molecule has 2 N–H and O–H groups in total. The first-order valence-electron chi connectivity index (χ1n) is 9.20. The quantitative estimate of drug-likeness (QED) is 0.304. The van der Waals surface area contributed by atoms with Gasteiger partial charge >= 0.3 is 18.0 Å². The molecule has 0 fully saturated rings. The Hall–Kier alpha value is -3.62. The molecular weight excluding hydrogens is 392 g/mol. The number of esters is 2. The van der Waals surface area contributed by atoms with E-state index >= 15 is 0 Å².